The van der Waals surface area contributed by atoms with Crippen molar-refractivity contribution in [2.75, 3.05) is 38.2 Å². The zero-order valence-corrected chi connectivity index (χ0v) is 30.4. The van der Waals surface area contributed by atoms with Gasteiger partial charge < -0.3 is 28.5 Å². The van der Waals surface area contributed by atoms with Gasteiger partial charge in [-0.15, -0.1) is 0 Å². The number of rotatable bonds is 7. The Kier molecular flexibility index (Phi) is 10.5. The first kappa shape index (κ1) is 35.5. The summed E-state index contributed by atoms with van der Waals surface area (Å²) in [6, 6.07) is 16.0. The van der Waals surface area contributed by atoms with Crippen molar-refractivity contribution in [3.05, 3.63) is 97.7 Å². The first-order valence-corrected chi connectivity index (χ1v) is 17.4. The number of piperazine rings is 1. The number of amides is 1. The van der Waals surface area contributed by atoms with E-state index in [2.05, 4.69) is 21.9 Å². The van der Waals surface area contributed by atoms with E-state index in [1.54, 1.807) is 53.4 Å². The Morgan fingerprint density at radius 2 is 1.66 bits per heavy atom. The molecule has 1 saturated carbocycles. The van der Waals surface area contributed by atoms with Crippen molar-refractivity contribution in [1.29, 1.82) is 0 Å². The van der Waals surface area contributed by atoms with Crippen molar-refractivity contribution in [2.45, 2.75) is 51.7 Å². The highest BCUT2D eigenvalue weighted by Gasteiger charge is 2.34. The Hall–Kier alpha value is -4.36. The number of aromatic nitrogens is 1. The highest BCUT2D eigenvalue weighted by Crippen LogP contribution is 2.46. The minimum Gasteiger partial charge on any atom is -0.489 e. The fraction of sp³-hybridized carbons (Fsp3) is 0.342. The van der Waals surface area contributed by atoms with Crippen LogP contribution in [0, 0.1) is 11.8 Å². The Morgan fingerprint density at radius 3 is 2.30 bits per heavy atom. The van der Waals surface area contributed by atoms with E-state index in [1.807, 2.05) is 26.8 Å². The van der Waals surface area contributed by atoms with Gasteiger partial charge in [0, 0.05) is 60.5 Å². The number of ether oxygens (including phenoxy) is 3. The summed E-state index contributed by atoms with van der Waals surface area (Å²) in [5, 5.41) is 5.68. The van der Waals surface area contributed by atoms with Crippen molar-refractivity contribution in [3.63, 3.8) is 0 Å². The normalized spacial score (nSPS) is 14.5. The molecule has 0 bridgehead atoms. The summed E-state index contributed by atoms with van der Waals surface area (Å²) in [5.41, 5.74) is 3.77. The number of carbonyl (C=O) groups excluding carboxylic acids is 2. The molecule has 3 aromatic carbocycles. The number of carbonyl (C=O) groups is 2. The monoisotopic (exact) mass is 735 g/mol. The molecule has 2 heterocycles. The third-order valence-electron chi connectivity index (χ3n) is 8.27. The second-order valence-corrected chi connectivity index (χ2v) is 14.4. The maximum Gasteiger partial charge on any atom is 0.410 e. The summed E-state index contributed by atoms with van der Waals surface area (Å²) in [7, 11) is 1.34. The number of esters is 1. The van der Waals surface area contributed by atoms with Gasteiger partial charge in [0.2, 0.25) is 0 Å². The third kappa shape index (κ3) is 8.32. The lowest BCUT2D eigenvalue weighted by Crippen LogP contribution is -2.50. The van der Waals surface area contributed by atoms with E-state index in [0.29, 0.717) is 74.9 Å². The Bertz CT molecular complexity index is 1960. The van der Waals surface area contributed by atoms with E-state index in [1.165, 1.54) is 7.11 Å². The van der Waals surface area contributed by atoms with Crippen LogP contribution >= 0.6 is 34.8 Å². The molecule has 50 heavy (non-hydrogen) atoms. The van der Waals surface area contributed by atoms with Gasteiger partial charge in [0.1, 0.15) is 29.4 Å². The molecule has 1 saturated heterocycles. The number of halogens is 3. The van der Waals surface area contributed by atoms with Crippen LogP contribution in [0.2, 0.25) is 15.1 Å². The van der Waals surface area contributed by atoms with E-state index >= 15 is 0 Å². The van der Waals surface area contributed by atoms with Crippen molar-refractivity contribution in [3.8, 4) is 28.8 Å². The molecule has 1 aliphatic heterocycles. The summed E-state index contributed by atoms with van der Waals surface area (Å²) in [4.78, 5) is 28.9. The highest BCUT2D eigenvalue weighted by atomic mass is 35.5. The standard InChI is InChI=1S/C38H36Cl3N3O6/c1-38(2,3)49-37(46)44-16-14-43(15-17-44)27-19-23(18-26(20-27)36(45)47-4)8-9-24-12-13-28(21-32(24)41)48-22-29-34(42-50-35(29)25-10-11-25)33-30(39)6-5-7-31(33)40/h5-7,12-13,18-21,25H,10-11,14-17,22H2,1-4H3. The SMILES string of the molecule is COC(=O)c1cc(C#Cc2ccc(OCc3c(-c4c(Cl)cccc4Cl)noc3C3CC3)cc2Cl)cc(N2CCN(C(=O)OC(C)(C)C)CC2)c1. The van der Waals surface area contributed by atoms with E-state index < -0.39 is 11.6 Å². The number of benzene rings is 3. The number of hydrogen-bond donors (Lipinski definition) is 0. The molecule has 0 N–H and O–H groups in total. The topological polar surface area (TPSA) is 94.3 Å². The molecule has 0 radical (unpaired) electrons. The van der Waals surface area contributed by atoms with Gasteiger partial charge in [0.15, 0.2) is 0 Å². The summed E-state index contributed by atoms with van der Waals surface area (Å²) in [5.74, 6) is 7.42. The maximum atomic E-state index is 12.6. The zero-order valence-electron chi connectivity index (χ0n) is 28.1. The lowest BCUT2D eigenvalue weighted by atomic mass is 10.0. The molecule has 6 rings (SSSR count). The Labute approximate surface area is 306 Å². The van der Waals surface area contributed by atoms with Gasteiger partial charge >= 0.3 is 12.1 Å². The molecule has 12 heteroatoms. The van der Waals surface area contributed by atoms with Crippen LogP contribution in [0.5, 0.6) is 5.75 Å². The van der Waals surface area contributed by atoms with Gasteiger partial charge in [-0.25, -0.2) is 9.59 Å². The number of anilines is 1. The average molecular weight is 737 g/mol. The number of hydrogen-bond acceptors (Lipinski definition) is 8. The second-order valence-electron chi connectivity index (χ2n) is 13.1. The van der Waals surface area contributed by atoms with Gasteiger partial charge in [-0.1, -0.05) is 57.9 Å². The lowest BCUT2D eigenvalue weighted by Gasteiger charge is -2.37. The Balaban J connectivity index is 1.18. The fourth-order valence-electron chi connectivity index (χ4n) is 5.61. The fourth-order valence-corrected chi connectivity index (χ4v) is 6.40. The van der Waals surface area contributed by atoms with E-state index in [4.69, 9.17) is 53.5 Å². The maximum absolute atomic E-state index is 12.6. The molecule has 260 valence electrons. The van der Waals surface area contributed by atoms with Crippen LogP contribution in [-0.4, -0.2) is 61.0 Å². The molecular formula is C38H36Cl3N3O6. The highest BCUT2D eigenvalue weighted by molar-refractivity contribution is 6.39. The minimum atomic E-state index is -0.568. The van der Waals surface area contributed by atoms with Gasteiger partial charge in [0.25, 0.3) is 0 Å². The molecule has 0 atom stereocenters. The molecule has 0 unspecified atom stereocenters. The first-order valence-electron chi connectivity index (χ1n) is 16.2. The molecule has 0 spiro atoms. The largest absolute Gasteiger partial charge is 0.489 e. The van der Waals surface area contributed by atoms with E-state index in [9.17, 15) is 9.59 Å². The molecule has 1 aromatic heterocycles. The molecular weight excluding hydrogens is 701 g/mol. The number of methoxy groups -OCH3 is 1. The van der Waals surface area contributed by atoms with Gasteiger partial charge in [0.05, 0.1) is 33.3 Å². The Morgan fingerprint density at radius 1 is 0.940 bits per heavy atom. The number of nitrogens with zero attached hydrogens (tertiary/aromatic N) is 3. The summed E-state index contributed by atoms with van der Waals surface area (Å²) < 4.78 is 22.5. The average Bonchev–Trinajstić information content (AvgIpc) is 3.85. The molecule has 1 aliphatic carbocycles. The van der Waals surface area contributed by atoms with Crippen LogP contribution in [0.4, 0.5) is 10.5 Å². The van der Waals surface area contributed by atoms with Crippen molar-refractivity contribution in [2.24, 2.45) is 0 Å². The molecule has 4 aromatic rings. The predicted molar refractivity (Wildman–Crippen MR) is 193 cm³/mol. The van der Waals surface area contributed by atoms with Gasteiger partial charge in [-0.2, -0.15) is 0 Å². The van der Waals surface area contributed by atoms with Crippen LogP contribution in [0.1, 0.15) is 72.3 Å². The predicted octanol–water partition coefficient (Wildman–Crippen LogP) is 9.00. The quantitative estimate of drug-likeness (QED) is 0.137. The van der Waals surface area contributed by atoms with Gasteiger partial charge in [-0.3, -0.25) is 0 Å². The van der Waals surface area contributed by atoms with Crippen LogP contribution < -0.4 is 9.64 Å². The molecule has 1 amide bonds. The van der Waals surface area contributed by atoms with Gasteiger partial charge in [-0.05, 0) is 76.1 Å². The molecule has 2 fully saturated rings. The minimum absolute atomic E-state index is 0.183. The van der Waals surface area contributed by atoms with Crippen LogP contribution in [-0.2, 0) is 16.1 Å². The summed E-state index contributed by atoms with van der Waals surface area (Å²) in [6.45, 7) is 7.81. The second kappa shape index (κ2) is 14.9. The smallest absolute Gasteiger partial charge is 0.410 e. The molecule has 2 aliphatic rings. The summed E-state index contributed by atoms with van der Waals surface area (Å²) in [6.07, 6.45) is 1.70. The lowest BCUT2D eigenvalue weighted by molar-refractivity contribution is 0.0240. The zero-order chi connectivity index (χ0) is 35.6. The summed E-state index contributed by atoms with van der Waals surface area (Å²) >= 11 is 19.7. The van der Waals surface area contributed by atoms with E-state index in [-0.39, 0.29) is 18.6 Å². The van der Waals surface area contributed by atoms with E-state index in [0.717, 1.165) is 29.9 Å². The van der Waals surface area contributed by atoms with Crippen molar-refractivity contribution in [1.82, 2.24) is 10.1 Å². The third-order valence-corrected chi connectivity index (χ3v) is 9.21. The van der Waals surface area contributed by atoms with Crippen LogP contribution in [0.3, 0.4) is 0 Å². The van der Waals surface area contributed by atoms with Crippen LogP contribution in [0.15, 0.2) is 59.1 Å². The van der Waals surface area contributed by atoms with Crippen LogP contribution in [0.25, 0.3) is 11.3 Å². The first-order chi connectivity index (χ1) is 23.9. The molecule has 9 nitrogen and oxygen atoms in total. The van der Waals surface area contributed by atoms with Crippen molar-refractivity contribution < 1.29 is 28.3 Å². The van der Waals surface area contributed by atoms with Crippen molar-refractivity contribution >= 4 is 52.6 Å².